The lowest BCUT2D eigenvalue weighted by molar-refractivity contribution is 0.263. The summed E-state index contributed by atoms with van der Waals surface area (Å²) in [6, 6.07) is 1.76. The first-order valence-corrected chi connectivity index (χ1v) is 5.50. The standard InChI is InChI=1S/C11H21N/c1-8(2)5-9-6-10-3-4-11(7-9)12-10/h8-12H,3-7H2,1-2H3/t9?,10-,11+. The van der Waals surface area contributed by atoms with Gasteiger partial charge in [-0.1, -0.05) is 13.8 Å². The predicted octanol–water partition coefficient (Wildman–Crippen LogP) is 2.56. The van der Waals surface area contributed by atoms with Crippen LogP contribution in [-0.2, 0) is 0 Å². The van der Waals surface area contributed by atoms with E-state index in [0.29, 0.717) is 0 Å². The van der Waals surface area contributed by atoms with Crippen molar-refractivity contribution >= 4 is 0 Å². The molecular weight excluding hydrogens is 146 g/mol. The SMILES string of the molecule is CC(C)CC1C[C@H]2CC[C@@H](C1)N2. The number of piperidine rings is 1. The first kappa shape index (κ1) is 8.55. The molecule has 0 radical (unpaired) electrons. The summed E-state index contributed by atoms with van der Waals surface area (Å²) in [5.74, 6) is 1.93. The van der Waals surface area contributed by atoms with Gasteiger partial charge in [-0.05, 0) is 43.9 Å². The Kier molecular flexibility index (Phi) is 2.40. The second-order valence-corrected chi connectivity index (χ2v) is 5.10. The number of hydrogen-bond donors (Lipinski definition) is 1. The molecule has 2 heterocycles. The lowest BCUT2D eigenvalue weighted by Crippen LogP contribution is -2.38. The Morgan fingerprint density at radius 1 is 1.17 bits per heavy atom. The monoisotopic (exact) mass is 167 g/mol. The molecule has 1 N–H and O–H groups in total. The quantitative estimate of drug-likeness (QED) is 0.666. The maximum Gasteiger partial charge on any atom is 0.00728 e. The Bertz CT molecular complexity index is 141. The summed E-state index contributed by atoms with van der Waals surface area (Å²) >= 11 is 0. The Morgan fingerprint density at radius 3 is 2.25 bits per heavy atom. The molecule has 2 fully saturated rings. The molecule has 1 unspecified atom stereocenters. The first-order chi connectivity index (χ1) is 5.74. The summed E-state index contributed by atoms with van der Waals surface area (Å²) in [4.78, 5) is 0. The smallest absolute Gasteiger partial charge is 0.00728 e. The molecule has 2 saturated heterocycles. The van der Waals surface area contributed by atoms with Crippen LogP contribution in [0, 0.1) is 11.8 Å². The number of fused-ring (bicyclic) bond motifs is 2. The van der Waals surface area contributed by atoms with Gasteiger partial charge in [0.1, 0.15) is 0 Å². The fourth-order valence-electron chi connectivity index (χ4n) is 3.03. The Morgan fingerprint density at radius 2 is 1.75 bits per heavy atom. The summed E-state index contributed by atoms with van der Waals surface area (Å²) in [5.41, 5.74) is 0. The molecule has 2 aliphatic rings. The molecule has 70 valence electrons. The zero-order chi connectivity index (χ0) is 8.55. The average molecular weight is 167 g/mol. The Balaban J connectivity index is 1.85. The largest absolute Gasteiger partial charge is 0.311 e. The predicted molar refractivity (Wildman–Crippen MR) is 52.1 cm³/mol. The topological polar surface area (TPSA) is 12.0 Å². The molecule has 0 aliphatic carbocycles. The van der Waals surface area contributed by atoms with Gasteiger partial charge < -0.3 is 5.32 Å². The normalized spacial score (nSPS) is 40.8. The van der Waals surface area contributed by atoms with E-state index in [4.69, 9.17) is 0 Å². The van der Waals surface area contributed by atoms with Gasteiger partial charge >= 0.3 is 0 Å². The van der Waals surface area contributed by atoms with Gasteiger partial charge in [-0.2, -0.15) is 0 Å². The van der Waals surface area contributed by atoms with Crippen molar-refractivity contribution in [3.63, 3.8) is 0 Å². The van der Waals surface area contributed by atoms with Gasteiger partial charge in [0.25, 0.3) is 0 Å². The zero-order valence-corrected chi connectivity index (χ0v) is 8.34. The van der Waals surface area contributed by atoms with Crippen molar-refractivity contribution < 1.29 is 0 Å². The van der Waals surface area contributed by atoms with Gasteiger partial charge in [-0.3, -0.25) is 0 Å². The van der Waals surface area contributed by atoms with Crippen molar-refractivity contribution in [2.24, 2.45) is 11.8 Å². The Hall–Kier alpha value is -0.0400. The fraction of sp³-hybridized carbons (Fsp3) is 1.00. The third-order valence-corrected chi connectivity index (χ3v) is 3.38. The number of nitrogens with one attached hydrogen (secondary N) is 1. The van der Waals surface area contributed by atoms with Crippen LogP contribution in [0.5, 0.6) is 0 Å². The van der Waals surface area contributed by atoms with E-state index < -0.39 is 0 Å². The second kappa shape index (κ2) is 3.37. The van der Waals surface area contributed by atoms with E-state index in [-0.39, 0.29) is 0 Å². The number of hydrogen-bond acceptors (Lipinski definition) is 1. The molecule has 1 heteroatoms. The highest BCUT2D eigenvalue weighted by molar-refractivity contribution is 4.91. The van der Waals surface area contributed by atoms with Crippen molar-refractivity contribution in [3.05, 3.63) is 0 Å². The van der Waals surface area contributed by atoms with E-state index in [0.717, 1.165) is 23.9 Å². The molecule has 0 saturated carbocycles. The van der Waals surface area contributed by atoms with Crippen LogP contribution in [0.4, 0.5) is 0 Å². The van der Waals surface area contributed by atoms with Gasteiger partial charge in [0.2, 0.25) is 0 Å². The average Bonchev–Trinajstić information content (AvgIpc) is 2.29. The molecule has 2 bridgehead atoms. The third-order valence-electron chi connectivity index (χ3n) is 3.38. The van der Waals surface area contributed by atoms with Crippen LogP contribution in [0.2, 0.25) is 0 Å². The summed E-state index contributed by atoms with van der Waals surface area (Å²) in [6.07, 6.45) is 7.25. The minimum atomic E-state index is 0.882. The van der Waals surface area contributed by atoms with Crippen LogP contribution >= 0.6 is 0 Å². The zero-order valence-electron chi connectivity index (χ0n) is 8.34. The van der Waals surface area contributed by atoms with E-state index in [1.165, 1.54) is 32.1 Å². The first-order valence-electron chi connectivity index (χ1n) is 5.50. The second-order valence-electron chi connectivity index (χ2n) is 5.10. The van der Waals surface area contributed by atoms with Crippen LogP contribution in [0.25, 0.3) is 0 Å². The molecule has 1 nitrogen and oxygen atoms in total. The third kappa shape index (κ3) is 1.82. The molecule has 0 aromatic carbocycles. The van der Waals surface area contributed by atoms with Crippen molar-refractivity contribution in [2.75, 3.05) is 0 Å². The van der Waals surface area contributed by atoms with E-state index >= 15 is 0 Å². The molecule has 12 heavy (non-hydrogen) atoms. The van der Waals surface area contributed by atoms with Crippen molar-refractivity contribution in [1.82, 2.24) is 5.32 Å². The van der Waals surface area contributed by atoms with Gasteiger partial charge in [0.15, 0.2) is 0 Å². The number of rotatable bonds is 2. The van der Waals surface area contributed by atoms with Crippen LogP contribution in [0.1, 0.15) is 46.0 Å². The van der Waals surface area contributed by atoms with Gasteiger partial charge in [0, 0.05) is 12.1 Å². The summed E-state index contributed by atoms with van der Waals surface area (Å²) in [5, 5.41) is 3.69. The van der Waals surface area contributed by atoms with Crippen LogP contribution in [0.3, 0.4) is 0 Å². The van der Waals surface area contributed by atoms with Gasteiger partial charge in [-0.15, -0.1) is 0 Å². The molecule has 0 spiro atoms. The minimum absolute atomic E-state index is 0.882. The van der Waals surface area contributed by atoms with Crippen LogP contribution < -0.4 is 5.32 Å². The van der Waals surface area contributed by atoms with Gasteiger partial charge in [-0.25, -0.2) is 0 Å². The highest BCUT2D eigenvalue weighted by atomic mass is 15.0. The van der Waals surface area contributed by atoms with Crippen LogP contribution in [-0.4, -0.2) is 12.1 Å². The molecule has 2 rings (SSSR count). The molecular formula is C11H21N. The van der Waals surface area contributed by atoms with E-state index in [1.54, 1.807) is 0 Å². The van der Waals surface area contributed by atoms with Crippen molar-refractivity contribution in [2.45, 2.75) is 58.0 Å². The van der Waals surface area contributed by atoms with E-state index in [2.05, 4.69) is 19.2 Å². The van der Waals surface area contributed by atoms with E-state index in [9.17, 15) is 0 Å². The lowest BCUT2D eigenvalue weighted by atomic mass is 9.86. The Labute approximate surface area is 75.9 Å². The fourth-order valence-corrected chi connectivity index (χ4v) is 3.03. The molecule has 3 atom stereocenters. The highest BCUT2D eigenvalue weighted by Gasteiger charge is 2.33. The lowest BCUT2D eigenvalue weighted by Gasteiger charge is -2.30. The summed E-state index contributed by atoms with van der Waals surface area (Å²) < 4.78 is 0. The summed E-state index contributed by atoms with van der Waals surface area (Å²) in [7, 11) is 0. The summed E-state index contributed by atoms with van der Waals surface area (Å²) in [6.45, 7) is 4.70. The molecule has 0 aromatic heterocycles. The molecule has 0 amide bonds. The van der Waals surface area contributed by atoms with E-state index in [1.807, 2.05) is 0 Å². The minimum Gasteiger partial charge on any atom is -0.311 e. The molecule has 2 aliphatic heterocycles. The highest BCUT2D eigenvalue weighted by Crippen LogP contribution is 2.34. The van der Waals surface area contributed by atoms with Gasteiger partial charge in [0.05, 0.1) is 0 Å². The van der Waals surface area contributed by atoms with Crippen molar-refractivity contribution in [3.8, 4) is 0 Å². The van der Waals surface area contributed by atoms with Crippen molar-refractivity contribution in [1.29, 1.82) is 0 Å². The maximum absolute atomic E-state index is 3.69. The van der Waals surface area contributed by atoms with Crippen LogP contribution in [0.15, 0.2) is 0 Å². The maximum atomic E-state index is 3.69. The molecule has 0 aromatic rings.